The fourth-order valence-electron chi connectivity index (χ4n) is 3.41. The first kappa shape index (κ1) is 12.8. The SMILES string of the molecule is CC1CCC(Nc2cccc(N3CCCC3)c2)CC1. The van der Waals surface area contributed by atoms with Crippen LogP contribution in [0.15, 0.2) is 24.3 Å². The van der Waals surface area contributed by atoms with Crippen molar-refractivity contribution in [1.82, 2.24) is 0 Å². The van der Waals surface area contributed by atoms with Crippen LogP contribution in [-0.2, 0) is 0 Å². The minimum atomic E-state index is 0.685. The third kappa shape index (κ3) is 3.23. The maximum Gasteiger partial charge on any atom is 0.0386 e. The van der Waals surface area contributed by atoms with E-state index in [-0.39, 0.29) is 0 Å². The minimum absolute atomic E-state index is 0.685. The van der Waals surface area contributed by atoms with Crippen LogP contribution >= 0.6 is 0 Å². The summed E-state index contributed by atoms with van der Waals surface area (Å²) in [4.78, 5) is 2.51. The van der Waals surface area contributed by atoms with E-state index in [2.05, 4.69) is 41.4 Å². The Morgan fingerprint density at radius 3 is 2.53 bits per heavy atom. The lowest BCUT2D eigenvalue weighted by molar-refractivity contribution is 0.361. The van der Waals surface area contributed by atoms with Crippen LogP contribution in [0.2, 0.25) is 0 Å². The summed E-state index contributed by atoms with van der Waals surface area (Å²) < 4.78 is 0. The zero-order valence-electron chi connectivity index (χ0n) is 12.1. The Morgan fingerprint density at radius 1 is 1.05 bits per heavy atom. The molecule has 3 rings (SSSR count). The van der Waals surface area contributed by atoms with Gasteiger partial charge in [0.1, 0.15) is 0 Å². The molecule has 1 heterocycles. The molecule has 2 nitrogen and oxygen atoms in total. The highest BCUT2D eigenvalue weighted by atomic mass is 15.1. The number of nitrogens with zero attached hydrogens (tertiary/aromatic N) is 1. The highest BCUT2D eigenvalue weighted by Crippen LogP contribution is 2.28. The van der Waals surface area contributed by atoms with Gasteiger partial charge in [0, 0.05) is 30.5 Å². The Balaban J connectivity index is 1.62. The number of anilines is 2. The van der Waals surface area contributed by atoms with Gasteiger partial charge in [0.15, 0.2) is 0 Å². The van der Waals surface area contributed by atoms with E-state index < -0.39 is 0 Å². The normalized spacial score (nSPS) is 27.5. The van der Waals surface area contributed by atoms with E-state index in [4.69, 9.17) is 0 Å². The van der Waals surface area contributed by atoms with E-state index >= 15 is 0 Å². The first-order valence-electron chi connectivity index (χ1n) is 7.93. The first-order chi connectivity index (χ1) is 9.31. The van der Waals surface area contributed by atoms with Crippen LogP contribution in [0.4, 0.5) is 11.4 Å². The third-order valence-corrected chi connectivity index (χ3v) is 4.70. The highest BCUT2D eigenvalue weighted by Gasteiger charge is 2.18. The van der Waals surface area contributed by atoms with Crippen molar-refractivity contribution >= 4 is 11.4 Å². The summed E-state index contributed by atoms with van der Waals surface area (Å²) in [5, 5.41) is 3.74. The quantitative estimate of drug-likeness (QED) is 0.870. The predicted octanol–water partition coefficient (Wildman–Crippen LogP) is 4.28. The lowest BCUT2D eigenvalue weighted by Crippen LogP contribution is -2.25. The molecule has 0 radical (unpaired) electrons. The second kappa shape index (κ2) is 5.85. The van der Waals surface area contributed by atoms with Gasteiger partial charge in [0.05, 0.1) is 0 Å². The lowest BCUT2D eigenvalue weighted by atomic mass is 9.87. The number of benzene rings is 1. The predicted molar refractivity (Wildman–Crippen MR) is 82.9 cm³/mol. The maximum absolute atomic E-state index is 3.74. The molecule has 104 valence electrons. The van der Waals surface area contributed by atoms with Crippen molar-refractivity contribution in [2.75, 3.05) is 23.3 Å². The summed E-state index contributed by atoms with van der Waals surface area (Å²) in [6.45, 7) is 4.83. The van der Waals surface area contributed by atoms with E-state index in [0.717, 1.165) is 5.92 Å². The number of nitrogens with one attached hydrogen (secondary N) is 1. The Bertz CT molecular complexity index is 401. The Hall–Kier alpha value is -1.18. The molecular formula is C17H26N2. The van der Waals surface area contributed by atoms with Crippen LogP contribution in [0.1, 0.15) is 45.4 Å². The van der Waals surface area contributed by atoms with Crippen molar-refractivity contribution in [3.05, 3.63) is 24.3 Å². The van der Waals surface area contributed by atoms with Crippen LogP contribution in [0.5, 0.6) is 0 Å². The molecule has 1 saturated carbocycles. The van der Waals surface area contributed by atoms with Crippen LogP contribution in [0.3, 0.4) is 0 Å². The van der Waals surface area contributed by atoms with Crippen molar-refractivity contribution in [3.63, 3.8) is 0 Å². The first-order valence-corrected chi connectivity index (χ1v) is 7.93. The van der Waals surface area contributed by atoms with Gasteiger partial charge < -0.3 is 10.2 Å². The highest BCUT2D eigenvalue weighted by molar-refractivity contribution is 5.58. The molecule has 0 amide bonds. The average molecular weight is 258 g/mol. The van der Waals surface area contributed by atoms with Gasteiger partial charge in [-0.05, 0) is 62.6 Å². The van der Waals surface area contributed by atoms with Crippen LogP contribution in [0.25, 0.3) is 0 Å². The van der Waals surface area contributed by atoms with E-state index in [0.29, 0.717) is 6.04 Å². The summed E-state index contributed by atoms with van der Waals surface area (Å²) in [6.07, 6.45) is 8.10. The molecule has 0 aromatic heterocycles. The van der Waals surface area contributed by atoms with Gasteiger partial charge in [-0.25, -0.2) is 0 Å². The fraction of sp³-hybridized carbons (Fsp3) is 0.647. The Labute approximate surface area is 117 Å². The molecule has 2 aliphatic rings. The summed E-state index contributed by atoms with van der Waals surface area (Å²) in [5.41, 5.74) is 2.70. The van der Waals surface area contributed by atoms with Gasteiger partial charge in [-0.2, -0.15) is 0 Å². The van der Waals surface area contributed by atoms with Gasteiger partial charge in [0.25, 0.3) is 0 Å². The summed E-state index contributed by atoms with van der Waals surface area (Å²) in [6, 6.07) is 9.69. The fourth-order valence-corrected chi connectivity index (χ4v) is 3.41. The molecule has 1 aromatic carbocycles. The molecule has 0 spiro atoms. The number of hydrogen-bond acceptors (Lipinski definition) is 2. The van der Waals surface area contributed by atoms with E-state index in [9.17, 15) is 0 Å². The second-order valence-electron chi connectivity index (χ2n) is 6.35. The standard InChI is InChI=1S/C17H26N2/c1-14-7-9-15(10-8-14)18-16-5-4-6-17(13-16)19-11-2-3-12-19/h4-6,13-15,18H,2-3,7-12H2,1H3. The Kier molecular flexibility index (Phi) is 3.95. The monoisotopic (exact) mass is 258 g/mol. The molecule has 2 heteroatoms. The smallest absolute Gasteiger partial charge is 0.0386 e. The maximum atomic E-state index is 3.74. The molecule has 1 aromatic rings. The summed E-state index contributed by atoms with van der Waals surface area (Å²) in [5.74, 6) is 0.925. The molecule has 1 saturated heterocycles. The Morgan fingerprint density at radius 2 is 1.79 bits per heavy atom. The van der Waals surface area contributed by atoms with E-state index in [1.807, 2.05) is 0 Å². The van der Waals surface area contributed by atoms with E-state index in [1.165, 1.54) is 63.0 Å². The van der Waals surface area contributed by atoms with Crippen LogP contribution < -0.4 is 10.2 Å². The third-order valence-electron chi connectivity index (χ3n) is 4.70. The molecule has 1 aliphatic heterocycles. The van der Waals surface area contributed by atoms with Gasteiger partial charge >= 0.3 is 0 Å². The van der Waals surface area contributed by atoms with Gasteiger partial charge in [0.2, 0.25) is 0 Å². The van der Waals surface area contributed by atoms with Gasteiger partial charge in [-0.1, -0.05) is 13.0 Å². The molecule has 1 aliphatic carbocycles. The molecule has 0 bridgehead atoms. The van der Waals surface area contributed by atoms with Gasteiger partial charge in [-0.3, -0.25) is 0 Å². The second-order valence-corrected chi connectivity index (χ2v) is 6.35. The zero-order valence-corrected chi connectivity index (χ0v) is 12.1. The van der Waals surface area contributed by atoms with E-state index in [1.54, 1.807) is 0 Å². The average Bonchev–Trinajstić information content (AvgIpc) is 2.96. The number of hydrogen-bond donors (Lipinski definition) is 1. The van der Waals surface area contributed by atoms with Crippen molar-refractivity contribution in [2.24, 2.45) is 5.92 Å². The molecular weight excluding hydrogens is 232 g/mol. The molecule has 0 atom stereocenters. The van der Waals surface area contributed by atoms with Gasteiger partial charge in [-0.15, -0.1) is 0 Å². The molecule has 0 unspecified atom stereocenters. The molecule has 19 heavy (non-hydrogen) atoms. The molecule has 2 fully saturated rings. The van der Waals surface area contributed by atoms with Crippen LogP contribution in [0, 0.1) is 5.92 Å². The van der Waals surface area contributed by atoms with Crippen molar-refractivity contribution in [2.45, 2.75) is 51.5 Å². The van der Waals surface area contributed by atoms with Crippen molar-refractivity contribution in [1.29, 1.82) is 0 Å². The lowest BCUT2D eigenvalue weighted by Gasteiger charge is -2.28. The summed E-state index contributed by atoms with van der Waals surface area (Å²) >= 11 is 0. The van der Waals surface area contributed by atoms with Crippen LogP contribution in [-0.4, -0.2) is 19.1 Å². The number of rotatable bonds is 3. The summed E-state index contributed by atoms with van der Waals surface area (Å²) in [7, 11) is 0. The minimum Gasteiger partial charge on any atom is -0.382 e. The zero-order chi connectivity index (χ0) is 13.1. The van der Waals surface area contributed by atoms with Crippen molar-refractivity contribution < 1.29 is 0 Å². The largest absolute Gasteiger partial charge is 0.382 e. The molecule has 1 N–H and O–H groups in total. The van der Waals surface area contributed by atoms with Crippen molar-refractivity contribution in [3.8, 4) is 0 Å². The topological polar surface area (TPSA) is 15.3 Å².